The van der Waals surface area contributed by atoms with Crippen molar-refractivity contribution < 1.29 is 14.4 Å². The molecular formula is C22H24N4O3. The normalized spacial score (nSPS) is 23.3. The van der Waals surface area contributed by atoms with Crippen molar-refractivity contribution in [3.8, 4) is 0 Å². The Labute approximate surface area is 169 Å². The fourth-order valence-corrected chi connectivity index (χ4v) is 4.42. The van der Waals surface area contributed by atoms with Crippen molar-refractivity contribution in [3.05, 3.63) is 65.5 Å². The van der Waals surface area contributed by atoms with Crippen LogP contribution in [-0.2, 0) is 11.2 Å². The lowest BCUT2D eigenvalue weighted by molar-refractivity contribution is -0.134. The highest BCUT2D eigenvalue weighted by Crippen LogP contribution is 2.36. The molecule has 2 aromatic rings. The summed E-state index contributed by atoms with van der Waals surface area (Å²) in [6, 6.07) is 10.8. The highest BCUT2D eigenvalue weighted by Gasteiger charge is 2.53. The molecule has 1 N–H and O–H groups in total. The standard InChI is InChI=1S/C22H24N4O3/c1-25(2)21(29)18-13-26(20(28)16-8-11-23-12-9-16)14-22(18)10-7-15-5-3-4-6-17(15)19(27)24-22/h3-6,8-9,11-12,18H,7,10,13-14H2,1-2H3,(H,24,27)/t18-,22+/m1/s1. The van der Waals surface area contributed by atoms with E-state index in [-0.39, 0.29) is 24.3 Å². The smallest absolute Gasteiger partial charge is 0.254 e. The number of fused-ring (bicyclic) bond motifs is 1. The number of hydrogen-bond donors (Lipinski definition) is 1. The average Bonchev–Trinajstić information content (AvgIpc) is 3.03. The first-order valence-corrected chi connectivity index (χ1v) is 9.72. The van der Waals surface area contributed by atoms with Gasteiger partial charge in [-0.1, -0.05) is 18.2 Å². The number of likely N-dealkylation sites (tertiary alicyclic amines) is 1. The van der Waals surface area contributed by atoms with Gasteiger partial charge in [-0.3, -0.25) is 19.4 Å². The van der Waals surface area contributed by atoms with Crippen molar-refractivity contribution in [3.63, 3.8) is 0 Å². The zero-order valence-corrected chi connectivity index (χ0v) is 16.6. The van der Waals surface area contributed by atoms with E-state index in [2.05, 4.69) is 10.3 Å². The van der Waals surface area contributed by atoms with Gasteiger partial charge in [-0.2, -0.15) is 0 Å². The first-order valence-electron chi connectivity index (χ1n) is 9.72. The summed E-state index contributed by atoms with van der Waals surface area (Å²) < 4.78 is 0. The third kappa shape index (κ3) is 3.37. The molecule has 0 unspecified atom stereocenters. The van der Waals surface area contributed by atoms with Crippen LogP contribution in [0.1, 0.15) is 32.7 Å². The molecule has 0 aliphatic carbocycles. The number of hydrogen-bond acceptors (Lipinski definition) is 4. The molecule has 1 fully saturated rings. The zero-order chi connectivity index (χ0) is 20.6. The highest BCUT2D eigenvalue weighted by atomic mass is 16.2. The molecule has 1 saturated heterocycles. The van der Waals surface area contributed by atoms with Crippen LogP contribution in [0.25, 0.3) is 0 Å². The Morgan fingerprint density at radius 3 is 2.62 bits per heavy atom. The van der Waals surface area contributed by atoms with Crippen LogP contribution < -0.4 is 5.32 Å². The second-order valence-corrected chi connectivity index (χ2v) is 7.97. The molecule has 4 rings (SSSR count). The van der Waals surface area contributed by atoms with E-state index >= 15 is 0 Å². The lowest BCUT2D eigenvalue weighted by Crippen LogP contribution is -2.57. The summed E-state index contributed by atoms with van der Waals surface area (Å²) in [5.74, 6) is -0.924. The quantitative estimate of drug-likeness (QED) is 0.837. The Morgan fingerprint density at radius 1 is 1.17 bits per heavy atom. The topological polar surface area (TPSA) is 82.6 Å². The largest absolute Gasteiger partial charge is 0.348 e. The number of rotatable bonds is 2. The monoisotopic (exact) mass is 392 g/mol. The van der Waals surface area contributed by atoms with Gasteiger partial charge in [-0.25, -0.2) is 0 Å². The highest BCUT2D eigenvalue weighted by molar-refractivity contribution is 5.98. The van der Waals surface area contributed by atoms with E-state index in [0.29, 0.717) is 30.5 Å². The SMILES string of the molecule is CN(C)C(=O)[C@H]1CN(C(=O)c2ccncc2)C[C@@]12CCc1ccccc1C(=O)N2. The summed E-state index contributed by atoms with van der Waals surface area (Å²) in [5.41, 5.74) is 1.34. The van der Waals surface area contributed by atoms with Crippen molar-refractivity contribution >= 4 is 17.7 Å². The van der Waals surface area contributed by atoms with Gasteiger partial charge in [-0.05, 0) is 36.6 Å². The maximum Gasteiger partial charge on any atom is 0.254 e. The summed E-state index contributed by atoms with van der Waals surface area (Å²) in [5, 5.41) is 3.14. The van der Waals surface area contributed by atoms with Crippen molar-refractivity contribution in [1.82, 2.24) is 20.1 Å². The summed E-state index contributed by atoms with van der Waals surface area (Å²) in [4.78, 5) is 46.3. The molecule has 0 saturated carbocycles. The van der Waals surface area contributed by atoms with E-state index in [1.165, 1.54) is 4.90 Å². The number of pyridine rings is 1. The van der Waals surface area contributed by atoms with Gasteiger partial charge >= 0.3 is 0 Å². The number of carbonyl (C=O) groups excluding carboxylic acids is 3. The van der Waals surface area contributed by atoms with E-state index in [9.17, 15) is 14.4 Å². The van der Waals surface area contributed by atoms with Gasteiger partial charge < -0.3 is 15.1 Å². The molecule has 0 radical (unpaired) electrons. The number of benzene rings is 1. The van der Waals surface area contributed by atoms with E-state index in [1.807, 2.05) is 18.2 Å². The predicted molar refractivity (Wildman–Crippen MR) is 107 cm³/mol. The third-order valence-electron chi connectivity index (χ3n) is 5.96. The molecule has 7 heteroatoms. The number of carbonyl (C=O) groups is 3. The third-order valence-corrected chi connectivity index (χ3v) is 5.96. The number of aryl methyl sites for hydroxylation is 1. The van der Waals surface area contributed by atoms with Gasteiger partial charge in [0.2, 0.25) is 5.91 Å². The van der Waals surface area contributed by atoms with E-state index in [4.69, 9.17) is 0 Å². The molecule has 0 bridgehead atoms. The van der Waals surface area contributed by atoms with Crippen LogP contribution >= 0.6 is 0 Å². The fourth-order valence-electron chi connectivity index (χ4n) is 4.42. The van der Waals surface area contributed by atoms with Crippen molar-refractivity contribution in [2.75, 3.05) is 27.2 Å². The maximum atomic E-state index is 13.1. The predicted octanol–water partition coefficient (Wildman–Crippen LogP) is 1.36. The van der Waals surface area contributed by atoms with Crippen LogP contribution in [0.4, 0.5) is 0 Å². The Balaban J connectivity index is 1.69. The maximum absolute atomic E-state index is 13.1. The van der Waals surface area contributed by atoms with Crippen LogP contribution in [0.2, 0.25) is 0 Å². The van der Waals surface area contributed by atoms with Crippen LogP contribution in [0.15, 0.2) is 48.8 Å². The molecule has 150 valence electrons. The Morgan fingerprint density at radius 2 is 1.90 bits per heavy atom. The van der Waals surface area contributed by atoms with Crippen molar-refractivity contribution in [1.29, 1.82) is 0 Å². The minimum atomic E-state index is -0.792. The van der Waals surface area contributed by atoms with Gasteiger partial charge in [0.25, 0.3) is 11.8 Å². The number of nitrogens with zero attached hydrogens (tertiary/aromatic N) is 3. The second-order valence-electron chi connectivity index (χ2n) is 7.97. The second kappa shape index (κ2) is 7.31. The van der Waals surface area contributed by atoms with Gasteiger partial charge in [0.15, 0.2) is 0 Å². The van der Waals surface area contributed by atoms with Crippen LogP contribution in [0.5, 0.6) is 0 Å². The summed E-state index contributed by atoms with van der Waals surface area (Å²) in [6.45, 7) is 0.576. The lowest BCUT2D eigenvalue weighted by atomic mass is 9.81. The van der Waals surface area contributed by atoms with Gasteiger partial charge in [-0.15, -0.1) is 0 Å². The van der Waals surface area contributed by atoms with Crippen LogP contribution in [0.3, 0.4) is 0 Å². The van der Waals surface area contributed by atoms with Crippen molar-refractivity contribution in [2.24, 2.45) is 5.92 Å². The Kier molecular flexibility index (Phi) is 4.82. The summed E-state index contributed by atoms with van der Waals surface area (Å²) >= 11 is 0. The average molecular weight is 392 g/mol. The first-order chi connectivity index (χ1) is 13.9. The lowest BCUT2D eigenvalue weighted by Gasteiger charge is -2.34. The molecule has 29 heavy (non-hydrogen) atoms. The van der Waals surface area contributed by atoms with Crippen molar-refractivity contribution in [2.45, 2.75) is 18.4 Å². The molecule has 3 heterocycles. The van der Waals surface area contributed by atoms with Crippen LogP contribution in [-0.4, -0.2) is 65.2 Å². The Hall–Kier alpha value is -3.22. The van der Waals surface area contributed by atoms with E-state index < -0.39 is 11.5 Å². The molecular weight excluding hydrogens is 368 g/mol. The molecule has 1 aromatic carbocycles. The summed E-state index contributed by atoms with van der Waals surface area (Å²) in [6.07, 6.45) is 4.42. The van der Waals surface area contributed by atoms with Gasteiger partial charge in [0.1, 0.15) is 0 Å². The number of amides is 3. The molecule has 2 aliphatic rings. The summed E-state index contributed by atoms with van der Waals surface area (Å²) in [7, 11) is 3.41. The minimum absolute atomic E-state index is 0.0821. The fraction of sp³-hybridized carbons (Fsp3) is 0.364. The van der Waals surface area contributed by atoms with E-state index in [1.54, 1.807) is 49.6 Å². The van der Waals surface area contributed by atoms with E-state index in [0.717, 1.165) is 5.56 Å². The molecule has 2 aliphatic heterocycles. The molecule has 1 spiro atoms. The molecule has 1 aromatic heterocycles. The van der Waals surface area contributed by atoms with Crippen LogP contribution in [0, 0.1) is 5.92 Å². The first kappa shape index (κ1) is 19.1. The number of aromatic nitrogens is 1. The van der Waals surface area contributed by atoms with Gasteiger partial charge in [0.05, 0.1) is 11.5 Å². The Bertz CT molecular complexity index is 960. The number of nitrogens with one attached hydrogen (secondary N) is 1. The minimum Gasteiger partial charge on any atom is -0.348 e. The zero-order valence-electron chi connectivity index (χ0n) is 16.6. The molecule has 2 atom stereocenters. The molecule has 7 nitrogen and oxygen atoms in total. The van der Waals surface area contributed by atoms with Gasteiger partial charge in [0, 0.05) is 50.7 Å². The molecule has 3 amide bonds.